The lowest BCUT2D eigenvalue weighted by Gasteiger charge is -2.40. The van der Waals surface area contributed by atoms with Gasteiger partial charge in [-0.2, -0.15) is 0 Å². The molecule has 1 atom stereocenters. The molecule has 7 heteroatoms. The van der Waals surface area contributed by atoms with Gasteiger partial charge in [0.25, 0.3) is 0 Å². The van der Waals surface area contributed by atoms with Crippen LogP contribution in [0.2, 0.25) is 0 Å². The Morgan fingerprint density at radius 2 is 1.41 bits per heavy atom. The van der Waals surface area contributed by atoms with E-state index < -0.39 is 13.5 Å². The molecule has 5 nitrogen and oxygen atoms in total. The first kappa shape index (κ1) is 28.8. The highest BCUT2D eigenvalue weighted by Gasteiger charge is 2.35. The van der Waals surface area contributed by atoms with Crippen molar-refractivity contribution in [3.8, 4) is 5.75 Å². The Bertz CT molecular complexity index is 1220. The van der Waals surface area contributed by atoms with Gasteiger partial charge in [0.15, 0.2) is 0 Å². The van der Waals surface area contributed by atoms with Crippen LogP contribution in [0.15, 0.2) is 114 Å². The summed E-state index contributed by atoms with van der Waals surface area (Å²) in [5.74, 6) is 0.690. The van der Waals surface area contributed by atoms with Crippen molar-refractivity contribution in [2.24, 2.45) is 0 Å². The van der Waals surface area contributed by atoms with Crippen LogP contribution in [0.1, 0.15) is 27.2 Å². The molecule has 0 saturated carbocycles. The van der Waals surface area contributed by atoms with Gasteiger partial charge in [-0.25, -0.2) is 4.79 Å². The second kappa shape index (κ2) is 13.7. The van der Waals surface area contributed by atoms with Crippen molar-refractivity contribution >= 4 is 45.9 Å². The van der Waals surface area contributed by atoms with Crippen molar-refractivity contribution in [1.82, 2.24) is 9.88 Å². The molecule has 0 N–H and O–H groups in total. The number of hydrogen-bond donors (Lipinski definition) is 0. The first-order valence-electron chi connectivity index (χ1n) is 13.0. The van der Waals surface area contributed by atoms with E-state index in [2.05, 4.69) is 112 Å². The van der Waals surface area contributed by atoms with Crippen LogP contribution < -0.4 is 20.7 Å². The number of rotatable bonds is 6. The number of hydrogen-bond acceptors (Lipinski definition) is 4. The molecule has 39 heavy (non-hydrogen) atoms. The maximum Gasteiger partial charge on any atom is 0.410 e. The SMILES string of the molecule is CC(C)(C)OC(=O)N1CC[C@H]1COc1cncc(Br)c1.c1ccc(P(c2ccccc2)c2ccccc2)cc1. The molecular weight excluding hydrogens is 571 g/mol. The number of benzene rings is 3. The van der Waals surface area contributed by atoms with Crippen LogP contribution in [-0.4, -0.2) is 40.8 Å². The van der Waals surface area contributed by atoms with Gasteiger partial charge in [0.2, 0.25) is 0 Å². The quantitative estimate of drug-likeness (QED) is 0.230. The summed E-state index contributed by atoms with van der Waals surface area (Å²) in [6.07, 6.45) is 4.01. The Hall–Kier alpha value is -3.21. The summed E-state index contributed by atoms with van der Waals surface area (Å²) in [4.78, 5) is 17.7. The van der Waals surface area contributed by atoms with E-state index in [4.69, 9.17) is 9.47 Å². The maximum absolute atomic E-state index is 11.9. The third-order valence-electron chi connectivity index (χ3n) is 5.94. The summed E-state index contributed by atoms with van der Waals surface area (Å²) in [6, 6.07) is 34.2. The van der Waals surface area contributed by atoms with E-state index in [1.807, 2.05) is 26.8 Å². The Morgan fingerprint density at radius 3 is 1.82 bits per heavy atom. The summed E-state index contributed by atoms with van der Waals surface area (Å²) in [5, 5.41) is 4.19. The fraction of sp³-hybridized carbons (Fsp3) is 0.250. The highest BCUT2D eigenvalue weighted by molar-refractivity contribution is 9.10. The van der Waals surface area contributed by atoms with E-state index in [-0.39, 0.29) is 12.1 Å². The lowest BCUT2D eigenvalue weighted by atomic mass is 10.1. The molecule has 0 unspecified atom stereocenters. The van der Waals surface area contributed by atoms with Crippen LogP contribution in [0, 0.1) is 0 Å². The van der Waals surface area contributed by atoms with Crippen LogP contribution in [0.4, 0.5) is 4.79 Å². The molecule has 0 aliphatic carbocycles. The molecule has 1 saturated heterocycles. The third kappa shape index (κ3) is 8.64. The van der Waals surface area contributed by atoms with Gasteiger partial charge in [0.1, 0.15) is 18.0 Å². The average molecular weight is 606 g/mol. The number of halogens is 1. The van der Waals surface area contributed by atoms with Crippen LogP contribution in [0.25, 0.3) is 0 Å². The number of aromatic nitrogens is 1. The number of pyridine rings is 1. The smallest absolute Gasteiger partial charge is 0.410 e. The fourth-order valence-electron chi connectivity index (χ4n) is 4.02. The van der Waals surface area contributed by atoms with Crippen molar-refractivity contribution < 1.29 is 14.3 Å². The number of likely N-dealkylation sites (tertiary alicyclic amines) is 1. The summed E-state index contributed by atoms with van der Waals surface area (Å²) in [7, 11) is -0.446. The minimum atomic E-state index is -0.466. The summed E-state index contributed by atoms with van der Waals surface area (Å²) in [5.41, 5.74) is -0.466. The molecular formula is C32H34BrN2O3P. The predicted octanol–water partition coefficient (Wildman–Crippen LogP) is 6.68. The van der Waals surface area contributed by atoms with E-state index in [9.17, 15) is 4.79 Å². The van der Waals surface area contributed by atoms with E-state index >= 15 is 0 Å². The molecule has 0 spiro atoms. The van der Waals surface area contributed by atoms with Crippen molar-refractivity contribution in [1.29, 1.82) is 0 Å². The summed E-state index contributed by atoms with van der Waals surface area (Å²) in [6.45, 7) is 6.77. The number of nitrogens with zero attached hydrogens (tertiary/aromatic N) is 2. The molecule has 1 aliphatic rings. The second-order valence-corrected chi connectivity index (χ2v) is 13.2. The van der Waals surface area contributed by atoms with Gasteiger partial charge in [-0.3, -0.25) is 4.98 Å². The molecule has 1 amide bonds. The zero-order valence-corrected chi connectivity index (χ0v) is 25.0. The second-order valence-electron chi connectivity index (χ2n) is 10.1. The first-order valence-corrected chi connectivity index (χ1v) is 15.1. The molecule has 1 aromatic heterocycles. The number of ether oxygens (including phenoxy) is 2. The summed E-state index contributed by atoms with van der Waals surface area (Å²) < 4.78 is 11.9. The van der Waals surface area contributed by atoms with Gasteiger partial charge in [-0.15, -0.1) is 0 Å². The molecule has 1 aliphatic heterocycles. The number of amides is 1. The van der Waals surface area contributed by atoms with Gasteiger partial charge in [0, 0.05) is 17.2 Å². The Balaban J connectivity index is 0.000000181. The summed E-state index contributed by atoms with van der Waals surface area (Å²) >= 11 is 3.34. The Labute approximate surface area is 241 Å². The fourth-order valence-corrected chi connectivity index (χ4v) is 6.67. The monoisotopic (exact) mass is 604 g/mol. The van der Waals surface area contributed by atoms with Gasteiger partial charge in [-0.05, 0) is 73.0 Å². The first-order chi connectivity index (χ1) is 18.8. The van der Waals surface area contributed by atoms with Gasteiger partial charge in [-0.1, -0.05) is 91.0 Å². The van der Waals surface area contributed by atoms with Crippen LogP contribution in [0.3, 0.4) is 0 Å². The maximum atomic E-state index is 11.9. The molecule has 202 valence electrons. The van der Waals surface area contributed by atoms with Gasteiger partial charge >= 0.3 is 6.09 Å². The van der Waals surface area contributed by atoms with Crippen LogP contribution >= 0.6 is 23.9 Å². The molecule has 2 heterocycles. The molecule has 5 rings (SSSR count). The lowest BCUT2D eigenvalue weighted by molar-refractivity contribution is -0.0141. The highest BCUT2D eigenvalue weighted by Crippen LogP contribution is 2.32. The molecule has 3 aromatic carbocycles. The molecule has 0 bridgehead atoms. The number of carbonyl (C=O) groups is 1. The van der Waals surface area contributed by atoms with Crippen LogP contribution in [0.5, 0.6) is 5.75 Å². The normalized spacial score (nSPS) is 14.6. The largest absolute Gasteiger partial charge is 0.490 e. The van der Waals surface area contributed by atoms with E-state index in [0.29, 0.717) is 12.4 Å². The molecule has 1 fully saturated rings. The number of carbonyl (C=O) groups excluding carboxylic acids is 1. The van der Waals surface area contributed by atoms with Crippen LogP contribution in [-0.2, 0) is 4.74 Å². The predicted molar refractivity (Wildman–Crippen MR) is 164 cm³/mol. The average Bonchev–Trinajstić information content (AvgIpc) is 2.90. The van der Waals surface area contributed by atoms with E-state index in [1.165, 1.54) is 15.9 Å². The molecule has 4 aromatic rings. The molecule has 0 radical (unpaired) electrons. The highest BCUT2D eigenvalue weighted by atomic mass is 79.9. The topological polar surface area (TPSA) is 51.7 Å². The van der Waals surface area contributed by atoms with E-state index in [0.717, 1.165) is 17.4 Å². The van der Waals surface area contributed by atoms with E-state index in [1.54, 1.807) is 17.3 Å². The van der Waals surface area contributed by atoms with Crippen molar-refractivity contribution in [3.63, 3.8) is 0 Å². The minimum absolute atomic E-state index is 0.0730. The standard InChI is InChI=1S/C18H15P.C14H19BrN2O3/c1-4-10-16(11-5-1)19(17-12-6-2-7-13-17)18-14-8-3-9-15-18;1-14(2,3)20-13(18)17-5-4-11(17)9-19-12-6-10(15)7-16-8-12/h1-15H;6-8,11H,4-5,9H2,1-3H3/t;11-/m.0/s1. The Kier molecular flexibility index (Phi) is 10.1. The minimum Gasteiger partial charge on any atom is -0.490 e. The zero-order chi connectivity index (χ0) is 27.7. The van der Waals surface area contributed by atoms with Gasteiger partial charge in [0.05, 0.1) is 12.2 Å². The lowest BCUT2D eigenvalue weighted by Crippen LogP contribution is -2.55. The third-order valence-corrected chi connectivity index (χ3v) is 8.81. The van der Waals surface area contributed by atoms with Crippen molar-refractivity contribution in [2.75, 3.05) is 13.2 Å². The zero-order valence-electron chi connectivity index (χ0n) is 22.5. The van der Waals surface area contributed by atoms with Gasteiger partial charge < -0.3 is 14.4 Å². The Morgan fingerprint density at radius 1 is 0.897 bits per heavy atom. The van der Waals surface area contributed by atoms with Crippen molar-refractivity contribution in [3.05, 3.63) is 114 Å². The van der Waals surface area contributed by atoms with Crippen molar-refractivity contribution in [2.45, 2.75) is 38.8 Å².